The Bertz CT molecular complexity index is 695. The number of carbonyl (C=O) groups is 1. The minimum absolute atomic E-state index is 0.105. The summed E-state index contributed by atoms with van der Waals surface area (Å²) in [5.41, 5.74) is 4.44. The first kappa shape index (κ1) is 17.6. The lowest BCUT2D eigenvalue weighted by atomic mass is 9.81. The van der Waals surface area contributed by atoms with Crippen molar-refractivity contribution < 1.29 is 9.53 Å². The molecule has 1 saturated heterocycles. The Kier molecular flexibility index (Phi) is 5.06. The van der Waals surface area contributed by atoms with Crippen molar-refractivity contribution in [3.63, 3.8) is 0 Å². The van der Waals surface area contributed by atoms with E-state index in [0.717, 1.165) is 19.3 Å². The smallest absolute Gasteiger partial charge is 0.407 e. The Balaban J connectivity index is 1.40. The van der Waals surface area contributed by atoms with Gasteiger partial charge in [0.05, 0.1) is 5.54 Å². The number of ether oxygens (including phenoxy) is 1. The van der Waals surface area contributed by atoms with Gasteiger partial charge >= 0.3 is 6.09 Å². The van der Waals surface area contributed by atoms with Gasteiger partial charge in [-0.3, -0.25) is 0 Å². The van der Waals surface area contributed by atoms with Crippen LogP contribution in [0.4, 0.5) is 4.79 Å². The number of fused-ring (bicyclic) bond motifs is 1. The number of hydrogen-bond donors (Lipinski definition) is 1. The van der Waals surface area contributed by atoms with Crippen LogP contribution in [0.2, 0.25) is 0 Å². The van der Waals surface area contributed by atoms with Gasteiger partial charge in [0.15, 0.2) is 0 Å². The predicted molar refractivity (Wildman–Crippen MR) is 104 cm³/mol. The number of benzene rings is 1. The zero-order chi connectivity index (χ0) is 18.0. The van der Waals surface area contributed by atoms with Gasteiger partial charge in [-0.2, -0.15) is 0 Å². The monoisotopic (exact) mass is 353 g/mol. The molecule has 1 amide bonds. The molecule has 3 nitrogen and oxygen atoms in total. The number of aryl methyl sites for hydroxylation is 1. The second-order valence-corrected chi connectivity index (χ2v) is 8.52. The van der Waals surface area contributed by atoms with Gasteiger partial charge in [-0.15, -0.1) is 0 Å². The van der Waals surface area contributed by atoms with Crippen molar-refractivity contribution >= 4 is 6.09 Å². The van der Waals surface area contributed by atoms with Gasteiger partial charge < -0.3 is 10.1 Å². The molecule has 0 unspecified atom stereocenters. The molecule has 26 heavy (non-hydrogen) atoms. The lowest BCUT2D eigenvalue weighted by Crippen LogP contribution is -2.40. The van der Waals surface area contributed by atoms with Gasteiger partial charge in [-0.25, -0.2) is 4.79 Å². The molecular weight excluding hydrogens is 322 g/mol. The number of hydrogen-bond acceptors (Lipinski definition) is 2. The van der Waals surface area contributed by atoms with Crippen LogP contribution in [0, 0.1) is 5.92 Å². The highest BCUT2D eigenvalue weighted by Crippen LogP contribution is 2.43. The van der Waals surface area contributed by atoms with E-state index in [9.17, 15) is 4.79 Å². The number of allylic oxidation sites excluding steroid dienone is 2. The van der Waals surface area contributed by atoms with Crippen LogP contribution >= 0.6 is 0 Å². The highest BCUT2D eigenvalue weighted by molar-refractivity contribution is 5.70. The van der Waals surface area contributed by atoms with E-state index in [1.165, 1.54) is 49.7 Å². The van der Waals surface area contributed by atoms with Crippen molar-refractivity contribution in [3.8, 4) is 0 Å². The van der Waals surface area contributed by atoms with Crippen molar-refractivity contribution in [3.05, 3.63) is 47.0 Å². The van der Waals surface area contributed by atoms with Crippen LogP contribution in [-0.2, 0) is 17.6 Å². The van der Waals surface area contributed by atoms with E-state index in [2.05, 4.69) is 42.6 Å². The van der Waals surface area contributed by atoms with Gasteiger partial charge in [0, 0.05) is 0 Å². The normalized spacial score (nSPS) is 30.6. The first-order chi connectivity index (χ1) is 12.7. The Hall–Kier alpha value is -1.77. The fourth-order valence-electron chi connectivity index (χ4n) is 4.98. The average Bonchev–Trinajstić information content (AvgIpc) is 3.24. The Morgan fingerprint density at radius 2 is 2.23 bits per heavy atom. The summed E-state index contributed by atoms with van der Waals surface area (Å²) in [5, 5.41) is 3.06. The molecule has 1 N–H and O–H groups in total. The lowest BCUT2D eigenvalue weighted by molar-refractivity contribution is 0.172. The molecule has 1 aromatic carbocycles. The van der Waals surface area contributed by atoms with E-state index in [-0.39, 0.29) is 11.6 Å². The molecule has 140 valence electrons. The van der Waals surface area contributed by atoms with Gasteiger partial charge in [0.25, 0.3) is 0 Å². The van der Waals surface area contributed by atoms with Crippen LogP contribution < -0.4 is 5.32 Å². The number of rotatable bonds is 5. The Labute approximate surface area is 157 Å². The molecule has 0 radical (unpaired) electrons. The van der Waals surface area contributed by atoms with Crippen LogP contribution in [0.1, 0.15) is 74.5 Å². The quantitative estimate of drug-likeness (QED) is 0.577. The number of nitrogens with one attached hydrogen (secondary N) is 1. The molecule has 3 aliphatic rings. The third-order valence-corrected chi connectivity index (χ3v) is 6.56. The summed E-state index contributed by atoms with van der Waals surface area (Å²) in [6, 6.07) is 7.16. The van der Waals surface area contributed by atoms with Crippen molar-refractivity contribution in [2.24, 2.45) is 5.92 Å². The first-order valence-electron chi connectivity index (χ1n) is 10.4. The topological polar surface area (TPSA) is 38.3 Å². The van der Waals surface area contributed by atoms with Crippen LogP contribution in [0.15, 0.2) is 30.4 Å². The van der Waals surface area contributed by atoms with E-state index in [1.807, 2.05) is 0 Å². The second-order valence-electron chi connectivity index (χ2n) is 8.52. The van der Waals surface area contributed by atoms with Crippen LogP contribution in [-0.4, -0.2) is 18.2 Å². The van der Waals surface area contributed by atoms with Crippen LogP contribution in [0.3, 0.4) is 0 Å². The molecule has 4 rings (SSSR count). The van der Waals surface area contributed by atoms with Crippen molar-refractivity contribution in [1.29, 1.82) is 0 Å². The van der Waals surface area contributed by atoms with Crippen LogP contribution in [0.25, 0.3) is 0 Å². The highest BCUT2D eigenvalue weighted by atomic mass is 16.6. The maximum atomic E-state index is 11.4. The average molecular weight is 354 g/mol. The van der Waals surface area contributed by atoms with Crippen molar-refractivity contribution in [2.75, 3.05) is 6.61 Å². The number of amides is 1. The van der Waals surface area contributed by atoms with E-state index >= 15 is 0 Å². The molecule has 1 spiro atoms. The zero-order valence-corrected chi connectivity index (χ0v) is 15.9. The summed E-state index contributed by atoms with van der Waals surface area (Å²) < 4.78 is 5.17. The molecule has 2 aliphatic carbocycles. The third-order valence-electron chi connectivity index (χ3n) is 6.56. The number of unbranched alkanes of at least 4 members (excludes halogenated alkanes) is 2. The molecule has 1 saturated carbocycles. The molecule has 0 bridgehead atoms. The van der Waals surface area contributed by atoms with Gasteiger partial charge in [-0.05, 0) is 73.5 Å². The number of alkyl carbamates (subject to hydrolysis) is 1. The molecule has 2 fully saturated rings. The summed E-state index contributed by atoms with van der Waals surface area (Å²) in [5.74, 6) is 1.26. The molecule has 1 aromatic rings. The third kappa shape index (κ3) is 3.67. The molecule has 3 atom stereocenters. The fraction of sp³-hybridized carbons (Fsp3) is 0.609. The summed E-state index contributed by atoms with van der Waals surface area (Å²) in [7, 11) is 0. The second kappa shape index (κ2) is 7.46. The predicted octanol–water partition coefficient (Wildman–Crippen LogP) is 5.28. The molecular formula is C23H31NO2. The summed E-state index contributed by atoms with van der Waals surface area (Å²) in [6.07, 6.45) is 15.3. The number of carbonyl (C=O) groups excluding carboxylic acids is 1. The molecule has 0 aromatic heterocycles. The summed E-state index contributed by atoms with van der Waals surface area (Å²) in [6.45, 7) is 2.79. The minimum atomic E-state index is -0.242. The highest BCUT2D eigenvalue weighted by Gasteiger charge is 2.46. The SMILES string of the molecule is CCCC/C=C/[C@@H]1CCc2cc([C@H]3CC[C@]4(COC(=O)N4)C3)ccc2C1. The summed E-state index contributed by atoms with van der Waals surface area (Å²) >= 11 is 0. The molecule has 1 heterocycles. The minimum Gasteiger partial charge on any atom is -0.447 e. The van der Waals surface area contributed by atoms with Gasteiger partial charge in [-0.1, -0.05) is 50.1 Å². The van der Waals surface area contributed by atoms with E-state index in [0.29, 0.717) is 18.4 Å². The fourth-order valence-corrected chi connectivity index (χ4v) is 4.98. The van der Waals surface area contributed by atoms with E-state index in [4.69, 9.17) is 4.74 Å². The standard InChI is InChI=1S/C23H31NO2/c1-2-3-4-5-6-17-7-8-19-14-20(10-9-18(19)13-17)21-11-12-23(15-21)16-26-22(25)24-23/h5-6,9-10,14,17,21H,2-4,7-8,11-13,15-16H2,1H3,(H,24,25)/b6-5+/t17-,21+,23-/m1/s1. The number of cyclic esters (lactones) is 1. The van der Waals surface area contributed by atoms with Gasteiger partial charge in [0.1, 0.15) is 6.61 Å². The largest absolute Gasteiger partial charge is 0.447 e. The van der Waals surface area contributed by atoms with Gasteiger partial charge in [0.2, 0.25) is 0 Å². The Morgan fingerprint density at radius 1 is 1.31 bits per heavy atom. The van der Waals surface area contributed by atoms with E-state index < -0.39 is 0 Å². The van der Waals surface area contributed by atoms with Crippen molar-refractivity contribution in [1.82, 2.24) is 5.32 Å². The van der Waals surface area contributed by atoms with E-state index in [1.54, 1.807) is 5.56 Å². The lowest BCUT2D eigenvalue weighted by Gasteiger charge is -2.24. The first-order valence-corrected chi connectivity index (χ1v) is 10.4. The molecule has 3 heteroatoms. The Morgan fingerprint density at radius 3 is 3.04 bits per heavy atom. The van der Waals surface area contributed by atoms with Crippen LogP contribution in [0.5, 0.6) is 0 Å². The van der Waals surface area contributed by atoms with Crippen molar-refractivity contribution in [2.45, 2.75) is 76.2 Å². The zero-order valence-electron chi connectivity index (χ0n) is 15.9. The maximum absolute atomic E-state index is 11.4. The maximum Gasteiger partial charge on any atom is 0.407 e. The summed E-state index contributed by atoms with van der Waals surface area (Å²) in [4.78, 5) is 11.4. The molecule has 1 aliphatic heterocycles.